The van der Waals surface area contributed by atoms with Crippen LogP contribution in [0.1, 0.15) is 17.7 Å². The highest BCUT2D eigenvalue weighted by atomic mass is 32.1. The SMILES string of the molecule is c1ccc(-c2csc(CNC3CCN(c4ncccn4)CC3)c2)cc1. The molecule has 3 heterocycles. The van der Waals surface area contributed by atoms with Crippen molar-refractivity contribution in [3.63, 3.8) is 0 Å². The Bertz CT molecular complexity index is 780. The van der Waals surface area contributed by atoms with Gasteiger partial charge in [0.15, 0.2) is 0 Å². The van der Waals surface area contributed by atoms with Crippen LogP contribution in [0.4, 0.5) is 5.95 Å². The third kappa shape index (κ3) is 4.06. The molecule has 5 heteroatoms. The van der Waals surface area contributed by atoms with Crippen LogP contribution in [0, 0.1) is 0 Å². The minimum atomic E-state index is 0.572. The summed E-state index contributed by atoms with van der Waals surface area (Å²) in [6.07, 6.45) is 5.89. The summed E-state index contributed by atoms with van der Waals surface area (Å²) in [7, 11) is 0. The van der Waals surface area contributed by atoms with Crippen LogP contribution in [0.3, 0.4) is 0 Å². The Morgan fingerprint density at radius 1 is 1.00 bits per heavy atom. The maximum atomic E-state index is 4.35. The molecule has 3 aromatic rings. The predicted molar refractivity (Wildman–Crippen MR) is 104 cm³/mol. The van der Waals surface area contributed by atoms with Crippen LogP contribution in [0.2, 0.25) is 0 Å². The van der Waals surface area contributed by atoms with Gasteiger partial charge in [-0.2, -0.15) is 0 Å². The van der Waals surface area contributed by atoms with Crippen LogP contribution in [-0.2, 0) is 6.54 Å². The van der Waals surface area contributed by atoms with Gasteiger partial charge in [-0.3, -0.25) is 0 Å². The Balaban J connectivity index is 1.28. The third-order valence-electron chi connectivity index (χ3n) is 4.66. The minimum absolute atomic E-state index is 0.572. The highest BCUT2D eigenvalue weighted by Crippen LogP contribution is 2.25. The molecule has 1 aliphatic heterocycles. The molecule has 0 radical (unpaired) electrons. The van der Waals surface area contributed by atoms with Crippen molar-refractivity contribution in [3.05, 3.63) is 65.1 Å². The number of piperidine rings is 1. The van der Waals surface area contributed by atoms with Crippen molar-refractivity contribution in [3.8, 4) is 11.1 Å². The lowest BCUT2D eigenvalue weighted by molar-refractivity contribution is 0.412. The average molecular weight is 350 g/mol. The van der Waals surface area contributed by atoms with E-state index in [1.54, 1.807) is 0 Å². The Morgan fingerprint density at radius 2 is 1.76 bits per heavy atom. The molecule has 0 saturated carbocycles. The molecular formula is C20H22N4S. The molecule has 0 aliphatic carbocycles. The van der Waals surface area contributed by atoms with Crippen molar-refractivity contribution in [1.29, 1.82) is 0 Å². The molecule has 4 nitrogen and oxygen atoms in total. The lowest BCUT2D eigenvalue weighted by Crippen LogP contribution is -2.42. The Morgan fingerprint density at radius 3 is 2.52 bits per heavy atom. The maximum Gasteiger partial charge on any atom is 0.225 e. The Kier molecular flexibility index (Phi) is 5.04. The van der Waals surface area contributed by atoms with Gasteiger partial charge >= 0.3 is 0 Å². The van der Waals surface area contributed by atoms with Gasteiger partial charge in [-0.1, -0.05) is 30.3 Å². The fourth-order valence-corrected chi connectivity index (χ4v) is 4.08. The smallest absolute Gasteiger partial charge is 0.225 e. The summed E-state index contributed by atoms with van der Waals surface area (Å²) in [5.74, 6) is 0.853. The fraction of sp³-hybridized carbons (Fsp3) is 0.300. The number of nitrogens with one attached hydrogen (secondary N) is 1. The molecule has 0 unspecified atom stereocenters. The van der Waals surface area contributed by atoms with Crippen LogP contribution in [0.15, 0.2) is 60.2 Å². The molecule has 1 aromatic carbocycles. The van der Waals surface area contributed by atoms with Gasteiger partial charge in [0, 0.05) is 42.9 Å². The van der Waals surface area contributed by atoms with Crippen LogP contribution >= 0.6 is 11.3 Å². The zero-order chi connectivity index (χ0) is 16.9. The van der Waals surface area contributed by atoms with Crippen molar-refractivity contribution >= 4 is 17.3 Å². The molecule has 4 rings (SSSR count). The summed E-state index contributed by atoms with van der Waals surface area (Å²) in [4.78, 5) is 12.4. The third-order valence-corrected chi connectivity index (χ3v) is 5.59. The van der Waals surface area contributed by atoms with Gasteiger partial charge in [0.25, 0.3) is 0 Å². The van der Waals surface area contributed by atoms with E-state index in [1.165, 1.54) is 16.0 Å². The van der Waals surface area contributed by atoms with E-state index in [0.29, 0.717) is 6.04 Å². The number of anilines is 1. The van der Waals surface area contributed by atoms with Gasteiger partial charge in [0.2, 0.25) is 5.95 Å². The molecule has 1 N–H and O–H groups in total. The number of benzene rings is 1. The number of thiophene rings is 1. The largest absolute Gasteiger partial charge is 0.341 e. The van der Waals surface area contributed by atoms with Gasteiger partial charge in [-0.15, -0.1) is 11.3 Å². The number of rotatable bonds is 5. The van der Waals surface area contributed by atoms with Gasteiger partial charge in [0.05, 0.1) is 0 Å². The topological polar surface area (TPSA) is 41.0 Å². The molecule has 1 fully saturated rings. The van der Waals surface area contributed by atoms with E-state index in [1.807, 2.05) is 29.8 Å². The minimum Gasteiger partial charge on any atom is -0.341 e. The number of nitrogens with zero attached hydrogens (tertiary/aromatic N) is 3. The molecule has 1 aliphatic rings. The molecule has 1 saturated heterocycles. The molecule has 2 aromatic heterocycles. The van der Waals surface area contributed by atoms with E-state index in [9.17, 15) is 0 Å². The lowest BCUT2D eigenvalue weighted by atomic mass is 10.1. The maximum absolute atomic E-state index is 4.35. The molecule has 128 valence electrons. The normalized spacial score (nSPS) is 15.4. The van der Waals surface area contributed by atoms with Gasteiger partial charge in [-0.05, 0) is 41.5 Å². The number of hydrogen-bond donors (Lipinski definition) is 1. The summed E-state index contributed by atoms with van der Waals surface area (Å²) in [6, 6.07) is 15.3. The van der Waals surface area contributed by atoms with E-state index in [2.05, 4.69) is 62.0 Å². The number of aromatic nitrogens is 2. The second-order valence-corrected chi connectivity index (χ2v) is 7.35. The quantitative estimate of drug-likeness (QED) is 0.756. The first-order valence-corrected chi connectivity index (χ1v) is 9.64. The number of hydrogen-bond acceptors (Lipinski definition) is 5. The second kappa shape index (κ2) is 7.76. The van der Waals surface area contributed by atoms with Crippen molar-refractivity contribution in [1.82, 2.24) is 15.3 Å². The van der Waals surface area contributed by atoms with Gasteiger partial charge in [-0.25, -0.2) is 9.97 Å². The zero-order valence-electron chi connectivity index (χ0n) is 14.1. The van der Waals surface area contributed by atoms with E-state index >= 15 is 0 Å². The van der Waals surface area contributed by atoms with Crippen LogP contribution in [0.5, 0.6) is 0 Å². The molecule has 0 amide bonds. The molecule has 0 atom stereocenters. The van der Waals surface area contributed by atoms with E-state index in [4.69, 9.17) is 0 Å². The summed E-state index contributed by atoms with van der Waals surface area (Å²) in [6.45, 7) is 2.98. The lowest BCUT2D eigenvalue weighted by Gasteiger charge is -2.32. The second-order valence-electron chi connectivity index (χ2n) is 6.36. The summed E-state index contributed by atoms with van der Waals surface area (Å²) >= 11 is 1.84. The Hall–Kier alpha value is -2.24. The summed E-state index contributed by atoms with van der Waals surface area (Å²) in [5, 5.41) is 5.97. The highest BCUT2D eigenvalue weighted by Gasteiger charge is 2.20. The zero-order valence-corrected chi connectivity index (χ0v) is 15.0. The highest BCUT2D eigenvalue weighted by molar-refractivity contribution is 7.10. The van der Waals surface area contributed by atoms with Gasteiger partial charge in [0.1, 0.15) is 0 Å². The molecule has 0 spiro atoms. The van der Waals surface area contributed by atoms with E-state index in [0.717, 1.165) is 38.4 Å². The Labute approximate surface area is 152 Å². The van der Waals surface area contributed by atoms with Crippen molar-refractivity contribution in [2.45, 2.75) is 25.4 Å². The fourth-order valence-electron chi connectivity index (χ4n) is 3.24. The average Bonchev–Trinajstić information content (AvgIpc) is 3.17. The first-order chi connectivity index (χ1) is 12.4. The van der Waals surface area contributed by atoms with Crippen LogP contribution in [-0.4, -0.2) is 29.1 Å². The van der Waals surface area contributed by atoms with Gasteiger partial charge < -0.3 is 10.2 Å². The standard InChI is InChI=1S/C20H22N4S/c1-2-5-16(6-3-1)17-13-19(25-15-17)14-23-18-7-11-24(12-8-18)20-21-9-4-10-22-20/h1-6,9-10,13,15,18,23H,7-8,11-12,14H2. The summed E-state index contributed by atoms with van der Waals surface area (Å²) < 4.78 is 0. The predicted octanol–water partition coefficient (Wildman–Crippen LogP) is 3.96. The first-order valence-electron chi connectivity index (χ1n) is 8.77. The van der Waals surface area contributed by atoms with Crippen LogP contribution in [0.25, 0.3) is 11.1 Å². The van der Waals surface area contributed by atoms with E-state index in [-0.39, 0.29) is 0 Å². The molecular weight excluding hydrogens is 328 g/mol. The monoisotopic (exact) mass is 350 g/mol. The molecule has 0 bridgehead atoms. The first kappa shape index (κ1) is 16.2. The summed E-state index contributed by atoms with van der Waals surface area (Å²) in [5.41, 5.74) is 2.61. The van der Waals surface area contributed by atoms with Crippen molar-refractivity contribution in [2.24, 2.45) is 0 Å². The van der Waals surface area contributed by atoms with E-state index < -0.39 is 0 Å². The van der Waals surface area contributed by atoms with Crippen LogP contribution < -0.4 is 10.2 Å². The van der Waals surface area contributed by atoms with Crippen molar-refractivity contribution < 1.29 is 0 Å². The van der Waals surface area contributed by atoms with Crippen molar-refractivity contribution in [2.75, 3.05) is 18.0 Å². The molecule has 25 heavy (non-hydrogen) atoms.